The van der Waals surface area contributed by atoms with E-state index < -0.39 is 32.9 Å². The largest absolute Gasteiger partial charge is 0.481 e. The predicted octanol–water partition coefficient (Wildman–Crippen LogP) is 1.03. The molecule has 0 aliphatic carbocycles. The summed E-state index contributed by atoms with van der Waals surface area (Å²) in [4.78, 5) is 22.5. The van der Waals surface area contributed by atoms with E-state index in [2.05, 4.69) is 5.32 Å². The molecule has 0 radical (unpaired) electrons. The number of anilines is 1. The van der Waals surface area contributed by atoms with Crippen LogP contribution in [0.25, 0.3) is 0 Å². The second kappa shape index (κ2) is 5.62. The monoisotopic (exact) mass is 299 g/mol. The average molecular weight is 299 g/mol. The van der Waals surface area contributed by atoms with Gasteiger partial charge in [-0.1, -0.05) is 12.1 Å². The van der Waals surface area contributed by atoms with Crippen molar-refractivity contribution in [2.24, 2.45) is 0 Å². The number of nitrogens with one attached hydrogen (secondary N) is 1. The maximum absolute atomic E-state index is 11.4. The van der Waals surface area contributed by atoms with Crippen LogP contribution in [0.5, 0.6) is 0 Å². The van der Waals surface area contributed by atoms with Gasteiger partial charge in [-0.25, -0.2) is 8.42 Å². The van der Waals surface area contributed by atoms with Gasteiger partial charge in [0.15, 0.2) is 9.84 Å². The van der Waals surface area contributed by atoms with Gasteiger partial charge in [0.2, 0.25) is 5.91 Å². The van der Waals surface area contributed by atoms with E-state index in [4.69, 9.17) is 5.11 Å². The van der Waals surface area contributed by atoms with Crippen molar-refractivity contribution in [3.63, 3.8) is 0 Å². The third kappa shape index (κ3) is 4.34. The molecule has 6 nitrogen and oxygen atoms in total. The maximum atomic E-state index is 11.4. The molecule has 0 aromatic heterocycles. The fraction of sp³-hybridized carbons (Fsp3) is 0.385. The molecule has 0 aliphatic heterocycles. The zero-order valence-corrected chi connectivity index (χ0v) is 12.3. The Morgan fingerprint density at radius 1 is 1.20 bits per heavy atom. The molecule has 0 spiro atoms. The molecule has 1 aromatic carbocycles. The number of aliphatic carboxylic acids is 1. The second-order valence-electron chi connectivity index (χ2n) is 5.13. The molecular formula is C13H17NO5S. The third-order valence-corrected chi connectivity index (χ3v) is 3.60. The Bertz CT molecular complexity index is 617. The van der Waals surface area contributed by atoms with Crippen molar-refractivity contribution in [3.05, 3.63) is 29.8 Å². The van der Waals surface area contributed by atoms with E-state index in [0.717, 1.165) is 6.26 Å². The second-order valence-corrected chi connectivity index (χ2v) is 7.27. The van der Waals surface area contributed by atoms with Gasteiger partial charge in [-0.05, 0) is 31.5 Å². The van der Waals surface area contributed by atoms with E-state index >= 15 is 0 Å². The zero-order valence-electron chi connectivity index (χ0n) is 11.5. The van der Waals surface area contributed by atoms with Gasteiger partial charge in [0, 0.05) is 11.9 Å². The van der Waals surface area contributed by atoms with E-state index in [1.807, 2.05) is 0 Å². The zero-order chi connectivity index (χ0) is 15.6. The van der Waals surface area contributed by atoms with Crippen LogP contribution in [0.4, 0.5) is 5.69 Å². The SMILES string of the molecule is CC(C)(C(=O)O)c1ccc(NC(=O)CS(C)(=O)=O)cc1. The van der Waals surface area contributed by atoms with Gasteiger partial charge < -0.3 is 10.4 Å². The van der Waals surface area contributed by atoms with Crippen molar-refractivity contribution in [1.82, 2.24) is 0 Å². The van der Waals surface area contributed by atoms with Crippen LogP contribution in [0.1, 0.15) is 19.4 Å². The highest BCUT2D eigenvalue weighted by Crippen LogP contribution is 2.24. The molecule has 0 atom stereocenters. The number of rotatable bonds is 5. The topological polar surface area (TPSA) is 101 Å². The lowest BCUT2D eigenvalue weighted by Gasteiger charge is -2.19. The molecule has 0 fully saturated rings. The number of hydrogen-bond donors (Lipinski definition) is 2. The normalized spacial score (nSPS) is 11.9. The minimum atomic E-state index is -3.38. The summed E-state index contributed by atoms with van der Waals surface area (Å²) in [5, 5.41) is 11.5. The first-order valence-electron chi connectivity index (χ1n) is 5.84. The Morgan fingerprint density at radius 2 is 1.70 bits per heavy atom. The fourth-order valence-corrected chi connectivity index (χ4v) is 2.08. The summed E-state index contributed by atoms with van der Waals surface area (Å²) in [6.07, 6.45) is 0.977. The number of carboxylic acid groups (broad SMARTS) is 1. The van der Waals surface area contributed by atoms with Crippen LogP contribution in [0, 0.1) is 0 Å². The molecule has 1 aromatic rings. The van der Waals surface area contributed by atoms with Crippen LogP contribution in [0.15, 0.2) is 24.3 Å². The van der Waals surface area contributed by atoms with Gasteiger partial charge in [-0.2, -0.15) is 0 Å². The minimum Gasteiger partial charge on any atom is -0.481 e. The summed E-state index contributed by atoms with van der Waals surface area (Å²) in [5.74, 6) is -2.17. The van der Waals surface area contributed by atoms with E-state index in [1.165, 1.54) is 0 Å². The predicted molar refractivity (Wildman–Crippen MR) is 75.4 cm³/mol. The summed E-state index contributed by atoms with van der Waals surface area (Å²) in [5.41, 5.74) is -0.0235. The molecule has 0 saturated heterocycles. The summed E-state index contributed by atoms with van der Waals surface area (Å²) < 4.78 is 21.9. The fourth-order valence-electron chi connectivity index (χ4n) is 1.53. The first-order valence-corrected chi connectivity index (χ1v) is 7.90. The first kappa shape index (κ1) is 16.2. The number of amides is 1. The van der Waals surface area contributed by atoms with E-state index in [-0.39, 0.29) is 0 Å². The quantitative estimate of drug-likeness (QED) is 0.845. The standard InChI is InChI=1S/C13H17NO5S/c1-13(2,12(16)17)9-4-6-10(7-5-9)14-11(15)8-20(3,18)19/h4-7H,8H2,1-3H3,(H,14,15)(H,16,17). The molecular weight excluding hydrogens is 282 g/mol. The van der Waals surface area contributed by atoms with Crippen LogP contribution in [-0.2, 0) is 24.8 Å². The summed E-state index contributed by atoms with van der Waals surface area (Å²) in [7, 11) is -3.38. The molecule has 2 N–H and O–H groups in total. The van der Waals surface area contributed by atoms with Crippen molar-refractivity contribution in [1.29, 1.82) is 0 Å². The first-order chi connectivity index (χ1) is 9.02. The summed E-state index contributed by atoms with van der Waals surface area (Å²) in [6.45, 7) is 3.15. The van der Waals surface area contributed by atoms with E-state index in [1.54, 1.807) is 38.1 Å². The van der Waals surface area contributed by atoms with Gasteiger partial charge in [0.25, 0.3) is 0 Å². The van der Waals surface area contributed by atoms with Gasteiger partial charge in [0.05, 0.1) is 5.41 Å². The van der Waals surface area contributed by atoms with Crippen molar-refractivity contribution in [3.8, 4) is 0 Å². The number of hydrogen-bond acceptors (Lipinski definition) is 4. The number of carbonyl (C=O) groups is 2. The lowest BCUT2D eigenvalue weighted by molar-refractivity contribution is -0.142. The molecule has 1 amide bonds. The highest BCUT2D eigenvalue weighted by molar-refractivity contribution is 7.91. The maximum Gasteiger partial charge on any atom is 0.313 e. The molecule has 0 unspecified atom stereocenters. The number of carbonyl (C=O) groups excluding carboxylic acids is 1. The third-order valence-electron chi connectivity index (χ3n) is 2.82. The Kier molecular flexibility index (Phi) is 4.54. The van der Waals surface area contributed by atoms with Crippen LogP contribution >= 0.6 is 0 Å². The van der Waals surface area contributed by atoms with Gasteiger partial charge in [-0.15, -0.1) is 0 Å². The number of benzene rings is 1. The highest BCUT2D eigenvalue weighted by Gasteiger charge is 2.29. The number of carboxylic acids is 1. The smallest absolute Gasteiger partial charge is 0.313 e. The Morgan fingerprint density at radius 3 is 2.10 bits per heavy atom. The Balaban J connectivity index is 2.83. The van der Waals surface area contributed by atoms with E-state index in [0.29, 0.717) is 11.3 Å². The summed E-state index contributed by atoms with van der Waals surface area (Å²) in [6, 6.07) is 6.26. The van der Waals surface area contributed by atoms with Gasteiger partial charge in [0.1, 0.15) is 5.75 Å². The minimum absolute atomic E-state index is 0.420. The van der Waals surface area contributed by atoms with Crippen LogP contribution in [0.2, 0.25) is 0 Å². The van der Waals surface area contributed by atoms with Crippen molar-refractivity contribution in [2.45, 2.75) is 19.3 Å². The molecule has 0 saturated carbocycles. The average Bonchev–Trinajstić information content (AvgIpc) is 2.26. The lowest BCUT2D eigenvalue weighted by Crippen LogP contribution is -2.28. The Hall–Kier alpha value is -1.89. The molecule has 0 aliphatic rings. The van der Waals surface area contributed by atoms with Gasteiger partial charge >= 0.3 is 5.97 Å². The number of sulfone groups is 1. The lowest BCUT2D eigenvalue weighted by atomic mass is 9.85. The van der Waals surface area contributed by atoms with Crippen LogP contribution in [-0.4, -0.2) is 37.4 Å². The molecule has 110 valence electrons. The molecule has 0 heterocycles. The summed E-state index contributed by atoms with van der Waals surface area (Å²) >= 11 is 0. The van der Waals surface area contributed by atoms with E-state index in [9.17, 15) is 18.0 Å². The van der Waals surface area contributed by atoms with Crippen LogP contribution in [0.3, 0.4) is 0 Å². The van der Waals surface area contributed by atoms with Gasteiger partial charge in [-0.3, -0.25) is 9.59 Å². The van der Waals surface area contributed by atoms with Crippen LogP contribution < -0.4 is 5.32 Å². The van der Waals surface area contributed by atoms with Crippen molar-refractivity contribution >= 4 is 27.4 Å². The highest BCUT2D eigenvalue weighted by atomic mass is 32.2. The van der Waals surface area contributed by atoms with Crippen molar-refractivity contribution < 1.29 is 23.1 Å². The molecule has 7 heteroatoms. The molecule has 20 heavy (non-hydrogen) atoms. The molecule has 0 bridgehead atoms. The molecule has 1 rings (SSSR count). The Labute approximate surface area is 117 Å². The van der Waals surface area contributed by atoms with Crippen molar-refractivity contribution in [2.75, 3.05) is 17.3 Å².